The molecule has 3 amide bonds. The maximum absolute atomic E-state index is 13.6. The molecular weight excluding hydrogens is 428 g/mol. The number of imide groups is 1. The molecular formula is C25H23ClN2O4. The smallest absolute Gasteiger partial charge is 0.275 e. The van der Waals surface area contributed by atoms with Gasteiger partial charge in [0.2, 0.25) is 0 Å². The van der Waals surface area contributed by atoms with Gasteiger partial charge < -0.3 is 0 Å². The van der Waals surface area contributed by atoms with Crippen molar-refractivity contribution < 1.29 is 19.2 Å². The number of hydrogen-bond donors (Lipinski definition) is 0. The lowest BCUT2D eigenvalue weighted by atomic mass is 9.82. The monoisotopic (exact) mass is 450 g/mol. The number of allylic oxidation sites excluding steroid dienone is 2. The Balaban J connectivity index is 1.77. The molecule has 2 aliphatic rings. The minimum absolute atomic E-state index is 0.117. The van der Waals surface area contributed by atoms with Crippen molar-refractivity contribution in [2.24, 2.45) is 11.8 Å². The molecule has 1 heterocycles. The van der Waals surface area contributed by atoms with E-state index < -0.39 is 35.6 Å². The van der Waals surface area contributed by atoms with Crippen LogP contribution in [-0.2, 0) is 9.59 Å². The lowest BCUT2D eigenvalue weighted by Gasteiger charge is -2.35. The van der Waals surface area contributed by atoms with Crippen LogP contribution >= 0.6 is 11.6 Å². The van der Waals surface area contributed by atoms with E-state index in [2.05, 4.69) is 0 Å². The number of amides is 3. The van der Waals surface area contributed by atoms with Crippen molar-refractivity contribution in [3.8, 4) is 0 Å². The molecule has 6 nitrogen and oxygen atoms in total. The van der Waals surface area contributed by atoms with Gasteiger partial charge in [0.25, 0.3) is 17.7 Å². The number of carbonyl (C=O) groups is 4. The topological polar surface area (TPSA) is 74.8 Å². The van der Waals surface area contributed by atoms with Crippen molar-refractivity contribution in [3.63, 3.8) is 0 Å². The molecule has 1 aliphatic heterocycles. The molecule has 0 saturated carbocycles. The standard InChI is InChI=1S/C25H23ClN2O4/c1-15-12-13-18-20(14-15)25(32)28(23(18)30)27(24(31)19-10-6-7-11-21(19)26)16(2)22(29)17-8-4-3-5-9-17/h3-12,16,18,20H,13-14H2,1-2H3/t16-,18-,20+/m0/s1. The lowest BCUT2D eigenvalue weighted by Crippen LogP contribution is -2.56. The zero-order chi connectivity index (χ0) is 23.0. The summed E-state index contributed by atoms with van der Waals surface area (Å²) in [6.07, 6.45) is 2.85. The van der Waals surface area contributed by atoms with Crippen LogP contribution < -0.4 is 0 Å². The first kappa shape index (κ1) is 22.0. The minimum Gasteiger partial charge on any atom is -0.292 e. The van der Waals surface area contributed by atoms with Crippen LogP contribution in [0.25, 0.3) is 0 Å². The zero-order valence-electron chi connectivity index (χ0n) is 17.8. The summed E-state index contributed by atoms with van der Waals surface area (Å²) in [7, 11) is 0. The highest BCUT2D eigenvalue weighted by atomic mass is 35.5. The summed E-state index contributed by atoms with van der Waals surface area (Å²) in [5.74, 6) is -3.04. The van der Waals surface area contributed by atoms with E-state index in [9.17, 15) is 19.2 Å². The Morgan fingerprint density at radius 1 is 1.00 bits per heavy atom. The van der Waals surface area contributed by atoms with E-state index in [1.807, 2.05) is 13.0 Å². The Morgan fingerprint density at radius 2 is 1.62 bits per heavy atom. The number of halogens is 1. The quantitative estimate of drug-likeness (QED) is 0.386. The highest BCUT2D eigenvalue weighted by Crippen LogP contribution is 2.39. The van der Waals surface area contributed by atoms with Gasteiger partial charge in [-0.05, 0) is 38.8 Å². The van der Waals surface area contributed by atoms with Gasteiger partial charge in [-0.1, -0.05) is 65.7 Å². The maximum atomic E-state index is 13.6. The normalized spacial score (nSPS) is 21.1. The second-order valence-corrected chi connectivity index (χ2v) is 8.63. The fraction of sp³-hybridized carbons (Fsp3) is 0.280. The lowest BCUT2D eigenvalue weighted by molar-refractivity contribution is -0.156. The van der Waals surface area contributed by atoms with Crippen molar-refractivity contribution in [1.29, 1.82) is 0 Å². The second kappa shape index (κ2) is 8.71. The number of ketones is 1. The van der Waals surface area contributed by atoms with Crippen LogP contribution in [0.15, 0.2) is 66.2 Å². The van der Waals surface area contributed by atoms with Crippen molar-refractivity contribution in [2.75, 3.05) is 0 Å². The summed E-state index contributed by atoms with van der Waals surface area (Å²) in [4.78, 5) is 53.6. The molecule has 32 heavy (non-hydrogen) atoms. The van der Waals surface area contributed by atoms with E-state index in [0.717, 1.165) is 15.6 Å². The molecule has 7 heteroatoms. The molecule has 0 radical (unpaired) electrons. The van der Waals surface area contributed by atoms with E-state index in [1.165, 1.54) is 13.0 Å². The number of Topliss-reactive ketones (excluding diaryl/α,β-unsaturated/α-hetero) is 1. The second-order valence-electron chi connectivity index (χ2n) is 8.23. The predicted molar refractivity (Wildman–Crippen MR) is 120 cm³/mol. The third kappa shape index (κ3) is 3.75. The van der Waals surface area contributed by atoms with Gasteiger partial charge in [0.1, 0.15) is 6.04 Å². The van der Waals surface area contributed by atoms with Crippen LogP contribution in [0, 0.1) is 11.8 Å². The minimum atomic E-state index is -1.09. The summed E-state index contributed by atoms with van der Waals surface area (Å²) >= 11 is 6.26. The van der Waals surface area contributed by atoms with Crippen molar-refractivity contribution in [1.82, 2.24) is 10.0 Å². The average molecular weight is 451 g/mol. The molecule has 0 aromatic heterocycles. The Labute approximate surface area is 191 Å². The van der Waals surface area contributed by atoms with Crippen LogP contribution in [0.2, 0.25) is 5.02 Å². The van der Waals surface area contributed by atoms with Crippen molar-refractivity contribution in [3.05, 3.63) is 82.4 Å². The van der Waals surface area contributed by atoms with E-state index in [1.54, 1.807) is 48.5 Å². The zero-order valence-corrected chi connectivity index (χ0v) is 18.6. The first-order valence-corrected chi connectivity index (χ1v) is 10.9. The molecule has 0 N–H and O–H groups in total. The SMILES string of the molecule is CC1=CC[C@@H]2C(=O)N(N(C(=O)c3ccccc3Cl)[C@@H](C)C(=O)c3ccccc3)C(=O)[C@@H]2C1. The third-order valence-electron chi connectivity index (χ3n) is 6.13. The number of carbonyl (C=O) groups excluding carboxylic acids is 4. The van der Waals surface area contributed by atoms with Crippen LogP contribution in [0.4, 0.5) is 0 Å². The van der Waals surface area contributed by atoms with Crippen molar-refractivity contribution >= 4 is 35.1 Å². The molecule has 164 valence electrons. The Bertz CT molecular complexity index is 1130. The molecule has 3 atom stereocenters. The first-order valence-electron chi connectivity index (χ1n) is 10.5. The van der Waals surface area contributed by atoms with Gasteiger partial charge in [-0.2, -0.15) is 5.01 Å². The number of fused-ring (bicyclic) bond motifs is 1. The summed E-state index contributed by atoms with van der Waals surface area (Å²) in [5, 5.41) is 2.06. The Kier molecular flexibility index (Phi) is 5.98. The molecule has 2 aromatic carbocycles. The van der Waals surface area contributed by atoms with E-state index in [-0.39, 0.29) is 16.4 Å². The number of hydrogen-bond acceptors (Lipinski definition) is 4. The summed E-state index contributed by atoms with van der Waals surface area (Å²) in [5.41, 5.74) is 1.53. The number of hydrazine groups is 1. The van der Waals surface area contributed by atoms with Gasteiger partial charge in [0.05, 0.1) is 22.4 Å². The van der Waals surface area contributed by atoms with Gasteiger partial charge in [0.15, 0.2) is 5.78 Å². The number of rotatable bonds is 5. The van der Waals surface area contributed by atoms with Crippen LogP contribution in [0.1, 0.15) is 47.4 Å². The van der Waals surface area contributed by atoms with Gasteiger partial charge in [-0.15, -0.1) is 0 Å². The van der Waals surface area contributed by atoms with Crippen molar-refractivity contribution in [2.45, 2.75) is 32.7 Å². The van der Waals surface area contributed by atoms with E-state index in [0.29, 0.717) is 18.4 Å². The Morgan fingerprint density at radius 3 is 2.31 bits per heavy atom. The highest BCUT2D eigenvalue weighted by molar-refractivity contribution is 6.34. The predicted octanol–water partition coefficient (Wildman–Crippen LogP) is 4.31. The summed E-state index contributed by atoms with van der Waals surface area (Å²) < 4.78 is 0. The summed E-state index contributed by atoms with van der Waals surface area (Å²) in [6.45, 7) is 3.45. The van der Waals surface area contributed by atoms with Gasteiger partial charge >= 0.3 is 0 Å². The molecule has 1 aliphatic carbocycles. The van der Waals surface area contributed by atoms with Crippen LogP contribution in [0.5, 0.6) is 0 Å². The van der Waals surface area contributed by atoms with Crippen LogP contribution in [0.3, 0.4) is 0 Å². The molecule has 4 rings (SSSR count). The molecule has 0 bridgehead atoms. The van der Waals surface area contributed by atoms with E-state index >= 15 is 0 Å². The van der Waals surface area contributed by atoms with E-state index in [4.69, 9.17) is 11.6 Å². The molecule has 0 unspecified atom stereocenters. The average Bonchev–Trinajstić information content (AvgIpc) is 3.04. The molecule has 1 fully saturated rings. The highest BCUT2D eigenvalue weighted by Gasteiger charge is 2.53. The Hall–Kier alpha value is -3.25. The van der Waals surface area contributed by atoms with Gasteiger partial charge in [-0.25, -0.2) is 5.01 Å². The number of benzene rings is 2. The molecule has 1 saturated heterocycles. The van der Waals surface area contributed by atoms with Crippen LogP contribution in [-0.4, -0.2) is 39.6 Å². The first-order chi connectivity index (χ1) is 15.3. The molecule has 0 spiro atoms. The third-order valence-corrected chi connectivity index (χ3v) is 6.46. The maximum Gasteiger partial charge on any atom is 0.275 e. The summed E-state index contributed by atoms with van der Waals surface area (Å²) in [6, 6.07) is 13.8. The molecule has 2 aromatic rings. The number of nitrogens with zero attached hydrogens (tertiary/aromatic N) is 2. The van der Waals surface area contributed by atoms with Gasteiger partial charge in [0, 0.05) is 5.56 Å². The fourth-order valence-electron chi connectivity index (χ4n) is 4.38. The van der Waals surface area contributed by atoms with Gasteiger partial charge in [-0.3, -0.25) is 19.2 Å². The largest absolute Gasteiger partial charge is 0.292 e. The fourth-order valence-corrected chi connectivity index (χ4v) is 4.60.